The first-order valence-electron chi connectivity index (χ1n) is 8.30. The van der Waals surface area contributed by atoms with Gasteiger partial charge in [-0.05, 0) is 59.4 Å². The van der Waals surface area contributed by atoms with Crippen molar-refractivity contribution >= 4 is 6.09 Å². The van der Waals surface area contributed by atoms with E-state index in [9.17, 15) is 4.79 Å². The first-order chi connectivity index (χ1) is 9.85. The molecule has 0 bridgehead atoms. The van der Waals surface area contributed by atoms with Gasteiger partial charge in [0.25, 0.3) is 0 Å². The summed E-state index contributed by atoms with van der Waals surface area (Å²) in [6, 6.07) is 1.03. The lowest BCUT2D eigenvalue weighted by Gasteiger charge is -2.37. The summed E-state index contributed by atoms with van der Waals surface area (Å²) in [5.74, 6) is 0.520. The predicted octanol–water partition coefficient (Wildman–Crippen LogP) is 1.97. The smallest absolute Gasteiger partial charge is 0.410 e. The number of likely N-dealkylation sites (tertiary alicyclic amines) is 1. The van der Waals surface area contributed by atoms with Gasteiger partial charge in [-0.25, -0.2) is 4.79 Å². The van der Waals surface area contributed by atoms with Gasteiger partial charge in [0.15, 0.2) is 0 Å². The zero-order valence-electron chi connectivity index (χ0n) is 13.9. The molecule has 3 atom stereocenters. The van der Waals surface area contributed by atoms with Crippen LogP contribution in [0.5, 0.6) is 0 Å². The lowest BCUT2D eigenvalue weighted by atomic mass is 9.91. The van der Waals surface area contributed by atoms with E-state index in [4.69, 9.17) is 4.74 Å². The molecule has 0 aromatic heterocycles. The number of ether oxygens (including phenoxy) is 1. The molecular weight excluding hydrogens is 266 g/mol. The molecule has 2 fully saturated rings. The fourth-order valence-corrected chi connectivity index (χ4v) is 3.22. The Morgan fingerprint density at radius 3 is 2.76 bits per heavy atom. The third kappa shape index (κ3) is 5.15. The van der Waals surface area contributed by atoms with Gasteiger partial charge >= 0.3 is 6.09 Å². The first-order valence-corrected chi connectivity index (χ1v) is 8.30. The maximum absolute atomic E-state index is 12.2. The molecule has 0 spiro atoms. The van der Waals surface area contributed by atoms with Crippen molar-refractivity contribution in [2.75, 3.05) is 26.2 Å². The number of carbonyl (C=O) groups excluding carboxylic acids is 1. The molecule has 2 saturated heterocycles. The van der Waals surface area contributed by atoms with E-state index < -0.39 is 5.60 Å². The van der Waals surface area contributed by atoms with Gasteiger partial charge in [-0.1, -0.05) is 0 Å². The highest BCUT2D eigenvalue weighted by Gasteiger charge is 2.31. The zero-order valence-corrected chi connectivity index (χ0v) is 13.9. The van der Waals surface area contributed by atoms with Gasteiger partial charge in [0.2, 0.25) is 0 Å². The summed E-state index contributed by atoms with van der Waals surface area (Å²) in [4.78, 5) is 14.1. The minimum Gasteiger partial charge on any atom is -0.444 e. The molecule has 2 aliphatic rings. The van der Waals surface area contributed by atoms with Crippen LogP contribution in [0, 0.1) is 5.92 Å². The number of rotatable bonds is 3. The van der Waals surface area contributed by atoms with E-state index in [1.54, 1.807) is 0 Å². The first kappa shape index (κ1) is 16.6. The fourth-order valence-electron chi connectivity index (χ4n) is 3.22. The monoisotopic (exact) mass is 297 g/mol. The Kier molecular flexibility index (Phi) is 5.49. The SMILES string of the molecule is CC(NC1CCNC1)C1CCCN(C(=O)OC(C)(C)C)C1. The highest BCUT2D eigenvalue weighted by molar-refractivity contribution is 5.68. The van der Waals surface area contributed by atoms with Crippen molar-refractivity contribution in [1.29, 1.82) is 0 Å². The Morgan fingerprint density at radius 2 is 2.14 bits per heavy atom. The summed E-state index contributed by atoms with van der Waals surface area (Å²) < 4.78 is 5.50. The van der Waals surface area contributed by atoms with Gasteiger partial charge < -0.3 is 20.3 Å². The maximum Gasteiger partial charge on any atom is 0.410 e. The molecule has 122 valence electrons. The predicted molar refractivity (Wildman–Crippen MR) is 84.4 cm³/mol. The Morgan fingerprint density at radius 1 is 1.38 bits per heavy atom. The number of piperidine rings is 1. The summed E-state index contributed by atoms with van der Waals surface area (Å²) in [6.07, 6.45) is 3.29. The molecule has 0 aromatic rings. The second kappa shape index (κ2) is 6.97. The maximum atomic E-state index is 12.2. The highest BCUT2D eigenvalue weighted by atomic mass is 16.6. The van der Waals surface area contributed by atoms with Gasteiger partial charge in [-0.2, -0.15) is 0 Å². The zero-order chi connectivity index (χ0) is 15.5. The number of hydrogen-bond acceptors (Lipinski definition) is 4. The standard InChI is InChI=1S/C16H31N3O2/c1-12(18-14-7-8-17-10-14)13-6-5-9-19(11-13)15(20)21-16(2,3)4/h12-14,17-18H,5-11H2,1-4H3. The summed E-state index contributed by atoms with van der Waals surface area (Å²) >= 11 is 0. The molecule has 2 N–H and O–H groups in total. The molecule has 0 aromatic carbocycles. The molecule has 0 aliphatic carbocycles. The van der Waals surface area contributed by atoms with E-state index in [1.165, 1.54) is 12.8 Å². The van der Waals surface area contributed by atoms with E-state index in [0.29, 0.717) is 18.0 Å². The van der Waals surface area contributed by atoms with E-state index >= 15 is 0 Å². The van der Waals surface area contributed by atoms with E-state index in [2.05, 4.69) is 17.6 Å². The van der Waals surface area contributed by atoms with Crippen LogP contribution in [0.15, 0.2) is 0 Å². The second-order valence-corrected chi connectivity index (χ2v) is 7.47. The third-order valence-electron chi connectivity index (χ3n) is 4.38. The molecule has 5 nitrogen and oxygen atoms in total. The van der Waals surface area contributed by atoms with Crippen molar-refractivity contribution < 1.29 is 9.53 Å². The van der Waals surface area contributed by atoms with Crippen LogP contribution in [0.4, 0.5) is 4.79 Å². The van der Waals surface area contributed by atoms with Crippen molar-refractivity contribution in [1.82, 2.24) is 15.5 Å². The topological polar surface area (TPSA) is 53.6 Å². The van der Waals surface area contributed by atoms with Crippen LogP contribution < -0.4 is 10.6 Å². The Labute approximate surface area is 128 Å². The Bertz CT molecular complexity index is 348. The number of amides is 1. The summed E-state index contributed by atoms with van der Waals surface area (Å²) in [7, 11) is 0. The van der Waals surface area contributed by atoms with Gasteiger partial charge in [0, 0.05) is 31.7 Å². The minimum atomic E-state index is -0.413. The molecule has 3 unspecified atom stereocenters. The van der Waals surface area contributed by atoms with Gasteiger partial charge in [0.05, 0.1) is 0 Å². The van der Waals surface area contributed by atoms with Crippen LogP contribution in [0.2, 0.25) is 0 Å². The number of carbonyl (C=O) groups is 1. The summed E-state index contributed by atoms with van der Waals surface area (Å²) in [5.41, 5.74) is -0.413. The molecule has 2 aliphatic heterocycles. The van der Waals surface area contributed by atoms with E-state index in [-0.39, 0.29) is 6.09 Å². The van der Waals surface area contributed by atoms with Gasteiger partial charge in [-0.15, -0.1) is 0 Å². The van der Waals surface area contributed by atoms with Gasteiger partial charge in [-0.3, -0.25) is 0 Å². The molecule has 2 rings (SSSR count). The van der Waals surface area contributed by atoms with E-state index in [0.717, 1.165) is 32.6 Å². The van der Waals surface area contributed by atoms with Crippen molar-refractivity contribution in [2.24, 2.45) is 5.92 Å². The van der Waals surface area contributed by atoms with Crippen molar-refractivity contribution in [3.8, 4) is 0 Å². The number of nitrogens with zero attached hydrogens (tertiary/aromatic N) is 1. The largest absolute Gasteiger partial charge is 0.444 e. The van der Waals surface area contributed by atoms with E-state index in [1.807, 2.05) is 25.7 Å². The molecular formula is C16H31N3O2. The van der Waals surface area contributed by atoms with Gasteiger partial charge in [0.1, 0.15) is 5.60 Å². The molecule has 0 saturated carbocycles. The van der Waals surface area contributed by atoms with Crippen LogP contribution in [0.1, 0.15) is 47.0 Å². The lowest BCUT2D eigenvalue weighted by molar-refractivity contribution is 0.0146. The van der Waals surface area contributed by atoms with Crippen molar-refractivity contribution in [3.05, 3.63) is 0 Å². The van der Waals surface area contributed by atoms with Crippen molar-refractivity contribution in [3.63, 3.8) is 0 Å². The minimum absolute atomic E-state index is 0.165. The molecule has 5 heteroatoms. The van der Waals surface area contributed by atoms with Crippen LogP contribution >= 0.6 is 0 Å². The molecule has 1 amide bonds. The quantitative estimate of drug-likeness (QED) is 0.836. The third-order valence-corrected chi connectivity index (χ3v) is 4.38. The number of nitrogens with one attached hydrogen (secondary N) is 2. The molecule has 2 heterocycles. The highest BCUT2D eigenvalue weighted by Crippen LogP contribution is 2.22. The molecule has 21 heavy (non-hydrogen) atoms. The fraction of sp³-hybridized carbons (Fsp3) is 0.938. The summed E-state index contributed by atoms with van der Waals surface area (Å²) in [5, 5.41) is 7.10. The Balaban J connectivity index is 1.83. The van der Waals surface area contributed by atoms with Crippen LogP contribution in [-0.4, -0.2) is 54.9 Å². The molecule has 0 radical (unpaired) electrons. The van der Waals surface area contributed by atoms with Crippen LogP contribution in [0.25, 0.3) is 0 Å². The Hall–Kier alpha value is -0.810. The number of hydrogen-bond donors (Lipinski definition) is 2. The second-order valence-electron chi connectivity index (χ2n) is 7.47. The average Bonchev–Trinajstić information content (AvgIpc) is 2.90. The van der Waals surface area contributed by atoms with Crippen molar-refractivity contribution in [2.45, 2.75) is 64.6 Å². The summed E-state index contributed by atoms with van der Waals surface area (Å²) in [6.45, 7) is 11.8. The normalized spacial score (nSPS) is 28.5. The lowest BCUT2D eigenvalue weighted by Crippen LogP contribution is -2.50. The van der Waals surface area contributed by atoms with Crippen LogP contribution in [0.3, 0.4) is 0 Å². The van der Waals surface area contributed by atoms with Crippen LogP contribution in [-0.2, 0) is 4.74 Å². The average molecular weight is 297 g/mol.